The standard InChI is InChI=1S/C22H14F4N2O3/c23-15-8-6-13(7-9-15)18-19(27-16-4-1-3-14(11-16)22(24,25)26)21(30)28(20(18)29)12-17-5-2-10-31-17/h1-11,27H,12H2. The monoisotopic (exact) mass is 430 g/mol. The lowest BCUT2D eigenvalue weighted by Crippen LogP contribution is -2.31. The van der Waals surface area contributed by atoms with Crippen LogP contribution in [0.15, 0.2) is 77.0 Å². The predicted octanol–water partition coefficient (Wildman–Crippen LogP) is 4.83. The van der Waals surface area contributed by atoms with E-state index >= 15 is 0 Å². The first-order valence-electron chi connectivity index (χ1n) is 9.07. The topological polar surface area (TPSA) is 62.6 Å². The highest BCUT2D eigenvalue weighted by Gasteiger charge is 2.40. The first kappa shape index (κ1) is 20.4. The summed E-state index contributed by atoms with van der Waals surface area (Å²) in [7, 11) is 0. The van der Waals surface area contributed by atoms with Gasteiger partial charge in [0.2, 0.25) is 0 Å². The Morgan fingerprint density at radius 2 is 1.68 bits per heavy atom. The molecule has 1 N–H and O–H groups in total. The molecular formula is C22H14F4N2O3. The number of nitrogens with zero attached hydrogens (tertiary/aromatic N) is 1. The first-order chi connectivity index (χ1) is 14.7. The molecule has 0 aliphatic carbocycles. The van der Waals surface area contributed by atoms with Gasteiger partial charge in [-0.2, -0.15) is 13.2 Å². The van der Waals surface area contributed by atoms with Crippen LogP contribution < -0.4 is 5.32 Å². The van der Waals surface area contributed by atoms with Crippen LogP contribution in [0.2, 0.25) is 0 Å². The molecule has 9 heteroatoms. The van der Waals surface area contributed by atoms with E-state index in [1.807, 2.05) is 0 Å². The van der Waals surface area contributed by atoms with E-state index in [0.29, 0.717) is 5.76 Å². The molecule has 0 bridgehead atoms. The molecule has 0 atom stereocenters. The van der Waals surface area contributed by atoms with Crippen molar-refractivity contribution in [2.24, 2.45) is 0 Å². The van der Waals surface area contributed by atoms with Crippen LogP contribution >= 0.6 is 0 Å². The van der Waals surface area contributed by atoms with Gasteiger partial charge in [0.15, 0.2) is 0 Å². The van der Waals surface area contributed by atoms with E-state index in [-0.39, 0.29) is 29.1 Å². The van der Waals surface area contributed by atoms with Gasteiger partial charge in [-0.3, -0.25) is 14.5 Å². The van der Waals surface area contributed by atoms with E-state index in [1.54, 1.807) is 12.1 Å². The molecule has 5 nitrogen and oxygen atoms in total. The summed E-state index contributed by atoms with van der Waals surface area (Å²) in [4.78, 5) is 27.0. The smallest absolute Gasteiger partial charge is 0.416 e. The molecule has 1 aliphatic rings. The molecule has 158 valence electrons. The number of carbonyl (C=O) groups excluding carboxylic acids is 2. The highest BCUT2D eigenvalue weighted by atomic mass is 19.4. The summed E-state index contributed by atoms with van der Waals surface area (Å²) in [5.41, 5.74) is -0.969. The molecule has 1 aromatic heterocycles. The largest absolute Gasteiger partial charge is 0.467 e. The predicted molar refractivity (Wildman–Crippen MR) is 103 cm³/mol. The van der Waals surface area contributed by atoms with Crippen LogP contribution in [0, 0.1) is 5.82 Å². The Kier molecular flexibility index (Phi) is 5.10. The second-order valence-corrected chi connectivity index (χ2v) is 6.74. The van der Waals surface area contributed by atoms with Gasteiger partial charge in [0, 0.05) is 5.69 Å². The number of halogens is 4. The molecule has 2 aromatic carbocycles. The van der Waals surface area contributed by atoms with Crippen molar-refractivity contribution in [2.45, 2.75) is 12.7 Å². The van der Waals surface area contributed by atoms with Crippen molar-refractivity contribution in [2.75, 3.05) is 5.32 Å². The lowest BCUT2D eigenvalue weighted by molar-refractivity contribution is -0.138. The summed E-state index contributed by atoms with van der Waals surface area (Å²) in [6.45, 7) is -0.164. The zero-order valence-electron chi connectivity index (χ0n) is 15.7. The number of nitrogens with one attached hydrogen (secondary N) is 1. The zero-order valence-corrected chi connectivity index (χ0v) is 15.7. The molecule has 4 rings (SSSR count). The second kappa shape index (κ2) is 7.75. The molecule has 31 heavy (non-hydrogen) atoms. The van der Waals surface area contributed by atoms with E-state index in [2.05, 4.69) is 5.32 Å². The van der Waals surface area contributed by atoms with Gasteiger partial charge >= 0.3 is 6.18 Å². The summed E-state index contributed by atoms with van der Waals surface area (Å²) in [6.07, 6.45) is -3.19. The van der Waals surface area contributed by atoms with Crippen molar-refractivity contribution in [1.29, 1.82) is 0 Å². The van der Waals surface area contributed by atoms with Crippen LogP contribution in [0.4, 0.5) is 23.2 Å². The van der Waals surface area contributed by atoms with Crippen molar-refractivity contribution < 1.29 is 31.6 Å². The van der Waals surface area contributed by atoms with Crippen molar-refractivity contribution in [3.8, 4) is 0 Å². The number of anilines is 1. The zero-order chi connectivity index (χ0) is 22.2. The van der Waals surface area contributed by atoms with Crippen LogP contribution in [0.5, 0.6) is 0 Å². The molecule has 1 aliphatic heterocycles. The quantitative estimate of drug-likeness (QED) is 0.465. The normalized spacial score (nSPS) is 14.5. The fourth-order valence-electron chi connectivity index (χ4n) is 3.20. The van der Waals surface area contributed by atoms with Crippen LogP contribution in [-0.4, -0.2) is 16.7 Å². The van der Waals surface area contributed by atoms with Crippen molar-refractivity contribution in [3.05, 3.63) is 95.3 Å². The third-order valence-electron chi connectivity index (χ3n) is 4.65. The molecular weight excluding hydrogens is 416 g/mol. The number of rotatable bonds is 5. The average Bonchev–Trinajstić information content (AvgIpc) is 3.32. The highest BCUT2D eigenvalue weighted by Crippen LogP contribution is 2.34. The number of hydrogen-bond acceptors (Lipinski definition) is 4. The van der Waals surface area contributed by atoms with E-state index in [1.165, 1.54) is 30.5 Å². The molecule has 2 amide bonds. The Labute approximate surface area is 173 Å². The summed E-state index contributed by atoms with van der Waals surface area (Å²) in [5, 5.41) is 2.65. The molecule has 0 fully saturated rings. The Hall–Kier alpha value is -3.88. The van der Waals surface area contributed by atoms with E-state index in [4.69, 9.17) is 4.42 Å². The lowest BCUT2D eigenvalue weighted by atomic mass is 10.0. The highest BCUT2D eigenvalue weighted by molar-refractivity contribution is 6.36. The van der Waals surface area contributed by atoms with Gasteiger partial charge in [0.05, 0.1) is 23.9 Å². The summed E-state index contributed by atoms with van der Waals surface area (Å²) < 4.78 is 57.7. The number of benzene rings is 2. The molecule has 3 aromatic rings. The maximum Gasteiger partial charge on any atom is 0.416 e. The fraction of sp³-hybridized carbons (Fsp3) is 0.0909. The summed E-state index contributed by atoms with van der Waals surface area (Å²) in [5.74, 6) is -1.61. The minimum Gasteiger partial charge on any atom is -0.467 e. The number of hydrogen-bond donors (Lipinski definition) is 1. The molecule has 0 unspecified atom stereocenters. The molecule has 0 spiro atoms. The number of furan rings is 1. The van der Waals surface area contributed by atoms with Gasteiger partial charge in [-0.15, -0.1) is 0 Å². The average molecular weight is 430 g/mol. The lowest BCUT2D eigenvalue weighted by Gasteiger charge is -2.14. The fourth-order valence-corrected chi connectivity index (χ4v) is 3.20. The minimum absolute atomic E-state index is 0.0227. The van der Waals surface area contributed by atoms with Crippen molar-refractivity contribution >= 4 is 23.1 Å². The Morgan fingerprint density at radius 1 is 0.935 bits per heavy atom. The molecule has 2 heterocycles. The second-order valence-electron chi connectivity index (χ2n) is 6.74. The number of alkyl halides is 3. The van der Waals surface area contributed by atoms with E-state index < -0.39 is 29.4 Å². The number of imide groups is 1. The summed E-state index contributed by atoms with van der Waals surface area (Å²) in [6, 6.07) is 12.3. The van der Waals surface area contributed by atoms with Gasteiger partial charge in [0.25, 0.3) is 11.8 Å². The van der Waals surface area contributed by atoms with Gasteiger partial charge in [-0.1, -0.05) is 18.2 Å². The third-order valence-corrected chi connectivity index (χ3v) is 4.65. The summed E-state index contributed by atoms with van der Waals surface area (Å²) >= 11 is 0. The first-order valence-corrected chi connectivity index (χ1v) is 9.07. The third kappa shape index (κ3) is 4.07. The van der Waals surface area contributed by atoms with E-state index in [9.17, 15) is 27.2 Å². The van der Waals surface area contributed by atoms with Gasteiger partial charge < -0.3 is 9.73 Å². The van der Waals surface area contributed by atoms with Crippen LogP contribution in [0.1, 0.15) is 16.9 Å². The van der Waals surface area contributed by atoms with E-state index in [0.717, 1.165) is 29.2 Å². The van der Waals surface area contributed by atoms with Crippen LogP contribution in [0.3, 0.4) is 0 Å². The molecule has 0 radical (unpaired) electrons. The number of amides is 2. The van der Waals surface area contributed by atoms with Gasteiger partial charge in [-0.25, -0.2) is 4.39 Å². The Balaban J connectivity index is 1.75. The van der Waals surface area contributed by atoms with Crippen molar-refractivity contribution in [1.82, 2.24) is 4.90 Å². The maximum atomic E-state index is 13.4. The molecule has 0 saturated carbocycles. The minimum atomic E-state index is -4.58. The molecule has 0 saturated heterocycles. The Morgan fingerprint density at radius 3 is 2.32 bits per heavy atom. The van der Waals surface area contributed by atoms with Crippen LogP contribution in [0.25, 0.3) is 5.57 Å². The Bertz CT molecular complexity index is 1170. The number of carbonyl (C=O) groups is 2. The van der Waals surface area contributed by atoms with Gasteiger partial charge in [-0.05, 0) is 48.0 Å². The van der Waals surface area contributed by atoms with Crippen LogP contribution in [-0.2, 0) is 22.3 Å². The van der Waals surface area contributed by atoms with Crippen molar-refractivity contribution in [3.63, 3.8) is 0 Å². The SMILES string of the molecule is O=C1C(Nc2cccc(C(F)(F)F)c2)=C(c2ccc(F)cc2)C(=O)N1Cc1ccco1. The van der Waals surface area contributed by atoms with Gasteiger partial charge in [0.1, 0.15) is 17.3 Å². The maximum absolute atomic E-state index is 13.4.